The quantitative estimate of drug-likeness (QED) is 0.795. The molecule has 1 fully saturated rings. The highest BCUT2D eigenvalue weighted by atomic mass is 35.5. The molecule has 0 bridgehead atoms. The van der Waals surface area contributed by atoms with Gasteiger partial charge in [-0.1, -0.05) is 31.5 Å². The van der Waals surface area contributed by atoms with Crippen LogP contribution >= 0.6 is 11.6 Å². The molecule has 1 aliphatic rings. The zero-order valence-electron chi connectivity index (χ0n) is 10.3. The number of rotatable bonds is 3. The maximum atomic E-state index is 6.32. The molecule has 0 atom stereocenters. The molecule has 0 unspecified atom stereocenters. The van der Waals surface area contributed by atoms with Crippen LogP contribution in [0.1, 0.15) is 38.4 Å². The third-order valence-corrected chi connectivity index (χ3v) is 3.54. The summed E-state index contributed by atoms with van der Waals surface area (Å²) >= 11 is 6.32. The topological polar surface area (TPSA) is 17.8 Å². The highest BCUT2D eigenvalue weighted by molar-refractivity contribution is 6.35. The molecule has 0 N–H and O–H groups in total. The van der Waals surface area contributed by atoms with E-state index >= 15 is 0 Å². The van der Waals surface area contributed by atoms with Gasteiger partial charge >= 0.3 is 0 Å². The largest absolute Gasteiger partial charge is 0.326 e. The molecule has 3 heteroatoms. The van der Waals surface area contributed by atoms with E-state index in [2.05, 4.69) is 24.5 Å². The Hall–Kier alpha value is -1.02. The molecule has 2 nitrogen and oxygen atoms in total. The van der Waals surface area contributed by atoms with Crippen LogP contribution in [0.15, 0.2) is 18.2 Å². The van der Waals surface area contributed by atoms with Crippen LogP contribution in [0.4, 0.5) is 0 Å². The summed E-state index contributed by atoms with van der Waals surface area (Å²) in [6.45, 7) is 5.48. The Kier molecular flexibility index (Phi) is 2.62. The van der Waals surface area contributed by atoms with Crippen LogP contribution in [0, 0.1) is 5.92 Å². The average Bonchev–Trinajstić information content (AvgIpc) is 3.03. The minimum atomic E-state index is 0.612. The molecule has 0 aliphatic heterocycles. The summed E-state index contributed by atoms with van der Waals surface area (Å²) < 4.78 is 2.33. The summed E-state index contributed by atoms with van der Waals surface area (Å²) in [6.07, 6.45) is 2.55. The predicted molar refractivity (Wildman–Crippen MR) is 71.6 cm³/mol. The molecule has 0 spiro atoms. The van der Waals surface area contributed by atoms with Crippen LogP contribution < -0.4 is 0 Å². The standard InChI is InChI=1S/C14H17ClN2/c1-9(2)8-17-13-11(15)4-3-5-12(13)16-14(17)10-6-7-10/h3-5,9-10H,6-8H2,1-2H3. The Balaban J connectivity index is 2.21. The number of hydrogen-bond donors (Lipinski definition) is 0. The normalized spacial score (nSPS) is 16.0. The number of halogens is 1. The van der Waals surface area contributed by atoms with Gasteiger partial charge in [0.25, 0.3) is 0 Å². The fourth-order valence-corrected chi connectivity index (χ4v) is 2.63. The number of aromatic nitrogens is 2. The zero-order chi connectivity index (χ0) is 12.0. The highest BCUT2D eigenvalue weighted by Crippen LogP contribution is 2.41. The van der Waals surface area contributed by atoms with E-state index in [0.717, 1.165) is 22.6 Å². The maximum Gasteiger partial charge on any atom is 0.113 e. The lowest BCUT2D eigenvalue weighted by Crippen LogP contribution is -2.08. The highest BCUT2D eigenvalue weighted by Gasteiger charge is 2.30. The van der Waals surface area contributed by atoms with Crippen molar-refractivity contribution in [3.05, 3.63) is 29.0 Å². The Morgan fingerprint density at radius 1 is 1.41 bits per heavy atom. The van der Waals surface area contributed by atoms with Gasteiger partial charge in [-0.3, -0.25) is 0 Å². The van der Waals surface area contributed by atoms with Gasteiger partial charge in [-0.25, -0.2) is 4.98 Å². The number of hydrogen-bond acceptors (Lipinski definition) is 1. The minimum absolute atomic E-state index is 0.612. The number of nitrogens with zero attached hydrogens (tertiary/aromatic N) is 2. The Morgan fingerprint density at radius 3 is 2.82 bits per heavy atom. The van der Waals surface area contributed by atoms with Crippen molar-refractivity contribution >= 4 is 22.6 Å². The van der Waals surface area contributed by atoms with Crippen molar-refractivity contribution in [2.24, 2.45) is 5.92 Å². The molecule has 0 radical (unpaired) electrons. The number of fused-ring (bicyclic) bond motifs is 1. The van der Waals surface area contributed by atoms with Crippen molar-refractivity contribution in [2.75, 3.05) is 0 Å². The van der Waals surface area contributed by atoms with E-state index in [9.17, 15) is 0 Å². The van der Waals surface area contributed by atoms with E-state index in [1.165, 1.54) is 18.7 Å². The SMILES string of the molecule is CC(C)Cn1c(C2CC2)nc2cccc(Cl)c21. The monoisotopic (exact) mass is 248 g/mol. The second kappa shape index (κ2) is 4.02. The van der Waals surface area contributed by atoms with Crippen molar-refractivity contribution < 1.29 is 0 Å². The van der Waals surface area contributed by atoms with Crippen molar-refractivity contribution in [3.8, 4) is 0 Å². The Morgan fingerprint density at radius 2 is 2.18 bits per heavy atom. The number of benzene rings is 1. The van der Waals surface area contributed by atoms with E-state index in [4.69, 9.17) is 16.6 Å². The molecule has 1 aromatic heterocycles. The lowest BCUT2D eigenvalue weighted by molar-refractivity contribution is 0.517. The third kappa shape index (κ3) is 1.95. The summed E-state index contributed by atoms with van der Waals surface area (Å²) in [4.78, 5) is 4.77. The van der Waals surface area contributed by atoms with Crippen LogP contribution in [0.3, 0.4) is 0 Å². The van der Waals surface area contributed by atoms with Crippen molar-refractivity contribution in [1.82, 2.24) is 9.55 Å². The van der Waals surface area contributed by atoms with E-state index in [-0.39, 0.29) is 0 Å². The Bertz CT molecular complexity index is 553. The second-order valence-corrected chi connectivity index (χ2v) is 5.76. The first-order valence-electron chi connectivity index (χ1n) is 6.31. The van der Waals surface area contributed by atoms with Gasteiger partial charge in [-0.15, -0.1) is 0 Å². The van der Waals surface area contributed by atoms with Crippen LogP contribution in [0.25, 0.3) is 11.0 Å². The van der Waals surface area contributed by atoms with Gasteiger partial charge in [0.1, 0.15) is 5.82 Å². The molecule has 1 aliphatic carbocycles. The summed E-state index contributed by atoms with van der Waals surface area (Å²) in [7, 11) is 0. The minimum Gasteiger partial charge on any atom is -0.326 e. The predicted octanol–water partition coefficient (Wildman–Crippen LogP) is 4.22. The zero-order valence-corrected chi connectivity index (χ0v) is 11.0. The van der Waals surface area contributed by atoms with E-state index < -0.39 is 0 Å². The smallest absolute Gasteiger partial charge is 0.113 e. The maximum absolute atomic E-state index is 6.32. The van der Waals surface area contributed by atoms with Gasteiger partial charge in [0.15, 0.2) is 0 Å². The summed E-state index contributed by atoms with van der Waals surface area (Å²) in [5.41, 5.74) is 2.16. The van der Waals surface area contributed by atoms with Crippen LogP contribution in [0.2, 0.25) is 5.02 Å². The van der Waals surface area contributed by atoms with E-state index in [1.807, 2.05) is 12.1 Å². The molecule has 2 aromatic rings. The summed E-state index contributed by atoms with van der Waals surface area (Å²) in [5.74, 6) is 2.51. The molecular weight excluding hydrogens is 232 g/mol. The lowest BCUT2D eigenvalue weighted by atomic mass is 10.2. The molecule has 1 aromatic carbocycles. The fraction of sp³-hybridized carbons (Fsp3) is 0.500. The first-order chi connectivity index (χ1) is 8.16. The molecule has 3 rings (SSSR count). The average molecular weight is 249 g/mol. The van der Waals surface area contributed by atoms with Crippen LogP contribution in [-0.2, 0) is 6.54 Å². The van der Waals surface area contributed by atoms with Gasteiger partial charge in [-0.2, -0.15) is 0 Å². The summed E-state index contributed by atoms with van der Waals surface area (Å²) in [5, 5.41) is 0.822. The third-order valence-electron chi connectivity index (χ3n) is 3.24. The molecule has 90 valence electrons. The molecule has 1 saturated carbocycles. The van der Waals surface area contributed by atoms with Gasteiger partial charge in [-0.05, 0) is 30.9 Å². The first-order valence-corrected chi connectivity index (χ1v) is 6.69. The van der Waals surface area contributed by atoms with E-state index in [0.29, 0.717) is 11.8 Å². The Labute approximate surface area is 107 Å². The van der Waals surface area contributed by atoms with Crippen LogP contribution in [-0.4, -0.2) is 9.55 Å². The second-order valence-electron chi connectivity index (χ2n) is 5.36. The summed E-state index contributed by atoms with van der Waals surface area (Å²) in [6, 6.07) is 6.00. The van der Waals surface area contributed by atoms with Gasteiger partial charge in [0.05, 0.1) is 16.1 Å². The molecule has 0 saturated heterocycles. The molecular formula is C14H17ClN2. The van der Waals surface area contributed by atoms with Gasteiger partial charge in [0, 0.05) is 12.5 Å². The van der Waals surface area contributed by atoms with Crippen molar-refractivity contribution in [3.63, 3.8) is 0 Å². The van der Waals surface area contributed by atoms with Crippen molar-refractivity contribution in [1.29, 1.82) is 0 Å². The number of para-hydroxylation sites is 1. The first kappa shape index (κ1) is 11.1. The molecule has 17 heavy (non-hydrogen) atoms. The fourth-order valence-electron chi connectivity index (χ4n) is 2.36. The van der Waals surface area contributed by atoms with Crippen LogP contribution in [0.5, 0.6) is 0 Å². The molecule has 1 heterocycles. The van der Waals surface area contributed by atoms with Crippen molar-refractivity contribution in [2.45, 2.75) is 39.2 Å². The van der Waals surface area contributed by atoms with Gasteiger partial charge < -0.3 is 4.57 Å². The molecule has 0 amide bonds. The lowest BCUT2D eigenvalue weighted by Gasteiger charge is -2.11. The number of imidazole rings is 1. The van der Waals surface area contributed by atoms with E-state index in [1.54, 1.807) is 0 Å². The van der Waals surface area contributed by atoms with Gasteiger partial charge in [0.2, 0.25) is 0 Å².